The Balaban J connectivity index is 2.34. The zero-order valence-corrected chi connectivity index (χ0v) is 6.28. The number of carbonyl (C=O) groups excluding carboxylic acids is 1. The first kappa shape index (κ1) is 7.47. The topological polar surface area (TPSA) is 35.5 Å². The maximum Gasteiger partial charge on any atom is 0.308 e. The zero-order chi connectivity index (χ0) is 7.40. The lowest BCUT2D eigenvalue weighted by Crippen LogP contribution is -2.15. The van der Waals surface area contributed by atoms with E-state index in [-0.39, 0.29) is 12.8 Å². The van der Waals surface area contributed by atoms with Gasteiger partial charge in [0.05, 0.1) is 0 Å². The molecule has 0 bridgehead atoms. The molecule has 0 aromatic heterocycles. The molecule has 0 radical (unpaired) electrons. The monoisotopic (exact) mass is 160 g/mol. The van der Waals surface area contributed by atoms with Crippen molar-refractivity contribution in [3.63, 3.8) is 0 Å². The van der Waals surface area contributed by atoms with E-state index in [1.54, 1.807) is 0 Å². The minimum atomic E-state index is -0.206. The molecule has 10 heavy (non-hydrogen) atoms. The number of carbonyl (C=O) groups is 1. The first-order valence-electron chi connectivity index (χ1n) is 3.10. The van der Waals surface area contributed by atoms with Crippen LogP contribution >= 0.6 is 12.2 Å². The summed E-state index contributed by atoms with van der Waals surface area (Å²) in [6.45, 7) is -0.0162. The van der Waals surface area contributed by atoms with Gasteiger partial charge in [-0.05, 0) is 18.6 Å². The average Bonchev–Trinajstić information content (AvgIpc) is 1.84. The van der Waals surface area contributed by atoms with Gasteiger partial charge in [-0.2, -0.15) is 0 Å². The molecular formula is C6H8O3S. The second-order valence-corrected chi connectivity index (χ2v) is 2.46. The van der Waals surface area contributed by atoms with Crippen molar-refractivity contribution in [1.82, 2.24) is 0 Å². The van der Waals surface area contributed by atoms with Crippen LogP contribution in [0.1, 0.15) is 19.3 Å². The molecule has 0 spiro atoms. The molecule has 1 rings (SSSR count). The molecule has 0 saturated carbocycles. The molecule has 0 aliphatic carbocycles. The minimum absolute atomic E-state index is 0.0162. The van der Waals surface area contributed by atoms with Gasteiger partial charge in [0.25, 0.3) is 0 Å². The average molecular weight is 160 g/mol. The number of hydrogen-bond donors (Lipinski definition) is 0. The maximum atomic E-state index is 10.6. The summed E-state index contributed by atoms with van der Waals surface area (Å²) in [6.07, 6.45) is 1.87. The molecule has 56 valence electrons. The van der Waals surface area contributed by atoms with Gasteiger partial charge in [0.1, 0.15) is 0 Å². The Bertz CT molecular complexity index is 125. The molecule has 0 aromatic carbocycles. The SMILES string of the molecule is O=C1CCCC(=S)OCO1. The smallest absolute Gasteiger partial charge is 0.308 e. The predicted octanol–water partition coefficient (Wildman–Crippen LogP) is 1.02. The largest absolute Gasteiger partial charge is 0.451 e. The summed E-state index contributed by atoms with van der Waals surface area (Å²) >= 11 is 4.78. The first-order chi connectivity index (χ1) is 4.79. The third-order valence-electron chi connectivity index (χ3n) is 1.20. The van der Waals surface area contributed by atoms with E-state index in [0.29, 0.717) is 17.9 Å². The summed E-state index contributed by atoms with van der Waals surface area (Å²) in [5, 5.41) is 0.535. The van der Waals surface area contributed by atoms with Crippen molar-refractivity contribution in [3.05, 3.63) is 0 Å². The Kier molecular flexibility index (Phi) is 2.62. The third kappa shape index (κ3) is 2.31. The van der Waals surface area contributed by atoms with Gasteiger partial charge in [-0.25, -0.2) is 0 Å². The Labute approximate surface area is 64.3 Å². The van der Waals surface area contributed by atoms with Gasteiger partial charge in [0.15, 0.2) is 5.05 Å². The van der Waals surface area contributed by atoms with E-state index in [0.717, 1.165) is 6.42 Å². The van der Waals surface area contributed by atoms with Crippen molar-refractivity contribution >= 4 is 23.2 Å². The highest BCUT2D eigenvalue weighted by Crippen LogP contribution is 2.04. The highest BCUT2D eigenvalue weighted by molar-refractivity contribution is 7.80. The van der Waals surface area contributed by atoms with Crippen molar-refractivity contribution in [2.24, 2.45) is 0 Å². The Morgan fingerprint density at radius 2 is 2.10 bits per heavy atom. The maximum absolute atomic E-state index is 10.6. The summed E-state index contributed by atoms with van der Waals surface area (Å²) in [5.74, 6) is -0.206. The lowest BCUT2D eigenvalue weighted by molar-refractivity contribution is -0.151. The van der Waals surface area contributed by atoms with Crippen LogP contribution in [0.15, 0.2) is 0 Å². The molecule has 0 unspecified atom stereocenters. The van der Waals surface area contributed by atoms with Gasteiger partial charge in [-0.15, -0.1) is 0 Å². The molecule has 0 atom stereocenters. The van der Waals surface area contributed by atoms with Crippen LogP contribution < -0.4 is 0 Å². The molecule has 1 heterocycles. The quantitative estimate of drug-likeness (QED) is 0.391. The van der Waals surface area contributed by atoms with Crippen LogP contribution in [0, 0.1) is 0 Å². The molecular weight excluding hydrogens is 152 g/mol. The number of cyclic esters (lactones) is 1. The summed E-state index contributed by atoms with van der Waals surface area (Å²) in [5.41, 5.74) is 0. The lowest BCUT2D eigenvalue weighted by atomic mass is 10.2. The highest BCUT2D eigenvalue weighted by Gasteiger charge is 2.08. The van der Waals surface area contributed by atoms with Crippen LogP contribution in [0.25, 0.3) is 0 Å². The second-order valence-electron chi connectivity index (χ2n) is 2.00. The van der Waals surface area contributed by atoms with E-state index < -0.39 is 0 Å². The fraction of sp³-hybridized carbons (Fsp3) is 0.667. The number of hydrogen-bond acceptors (Lipinski definition) is 4. The molecule has 1 aliphatic heterocycles. The third-order valence-corrected chi connectivity index (χ3v) is 1.52. The standard InChI is InChI=1S/C6H8O3S/c7-5-2-1-3-6(10)9-4-8-5/h1-4H2. The molecule has 1 saturated heterocycles. The van der Waals surface area contributed by atoms with Gasteiger partial charge in [-0.1, -0.05) is 0 Å². The number of rotatable bonds is 0. The van der Waals surface area contributed by atoms with Crippen molar-refractivity contribution in [1.29, 1.82) is 0 Å². The Hall–Kier alpha value is -0.640. The fourth-order valence-corrected chi connectivity index (χ4v) is 0.875. The fourth-order valence-electron chi connectivity index (χ4n) is 0.682. The first-order valence-corrected chi connectivity index (χ1v) is 3.51. The molecule has 4 heteroatoms. The molecule has 0 aromatic rings. The van der Waals surface area contributed by atoms with E-state index in [2.05, 4.69) is 4.74 Å². The predicted molar refractivity (Wildman–Crippen MR) is 38.5 cm³/mol. The van der Waals surface area contributed by atoms with Crippen molar-refractivity contribution in [2.75, 3.05) is 6.79 Å². The normalized spacial score (nSPS) is 20.4. The molecule has 0 amide bonds. The summed E-state index contributed by atoms with van der Waals surface area (Å²) < 4.78 is 9.45. The lowest BCUT2D eigenvalue weighted by Gasteiger charge is -2.11. The van der Waals surface area contributed by atoms with E-state index in [1.165, 1.54) is 0 Å². The second kappa shape index (κ2) is 3.51. The van der Waals surface area contributed by atoms with Crippen LogP contribution in [0.2, 0.25) is 0 Å². The van der Waals surface area contributed by atoms with Crippen LogP contribution in [0.3, 0.4) is 0 Å². The van der Waals surface area contributed by atoms with Gasteiger partial charge in [0.2, 0.25) is 6.79 Å². The minimum Gasteiger partial charge on any atom is -0.451 e. The van der Waals surface area contributed by atoms with Crippen LogP contribution in [-0.2, 0) is 14.3 Å². The zero-order valence-electron chi connectivity index (χ0n) is 5.46. The van der Waals surface area contributed by atoms with E-state index >= 15 is 0 Å². The summed E-state index contributed by atoms with van der Waals surface area (Å²) in [4.78, 5) is 10.6. The molecule has 3 nitrogen and oxygen atoms in total. The molecule has 1 fully saturated rings. The van der Waals surface area contributed by atoms with E-state index in [9.17, 15) is 4.79 Å². The molecule has 0 N–H and O–H groups in total. The number of thiocarbonyl (C=S) groups is 1. The van der Waals surface area contributed by atoms with Gasteiger partial charge < -0.3 is 9.47 Å². The van der Waals surface area contributed by atoms with Crippen LogP contribution in [-0.4, -0.2) is 17.8 Å². The van der Waals surface area contributed by atoms with E-state index in [4.69, 9.17) is 17.0 Å². The number of ether oxygens (including phenoxy) is 2. The highest BCUT2D eigenvalue weighted by atomic mass is 32.1. The number of esters is 1. The van der Waals surface area contributed by atoms with Gasteiger partial charge in [0, 0.05) is 12.8 Å². The van der Waals surface area contributed by atoms with Gasteiger partial charge in [-0.3, -0.25) is 4.79 Å². The van der Waals surface area contributed by atoms with Crippen LogP contribution in [0.5, 0.6) is 0 Å². The van der Waals surface area contributed by atoms with Crippen molar-refractivity contribution < 1.29 is 14.3 Å². The van der Waals surface area contributed by atoms with Gasteiger partial charge >= 0.3 is 5.97 Å². The van der Waals surface area contributed by atoms with E-state index in [1.807, 2.05) is 0 Å². The summed E-state index contributed by atoms with van der Waals surface area (Å²) in [7, 11) is 0. The Morgan fingerprint density at radius 1 is 1.30 bits per heavy atom. The van der Waals surface area contributed by atoms with Crippen molar-refractivity contribution in [2.45, 2.75) is 19.3 Å². The Morgan fingerprint density at radius 3 is 2.90 bits per heavy atom. The van der Waals surface area contributed by atoms with Crippen LogP contribution in [0.4, 0.5) is 0 Å². The van der Waals surface area contributed by atoms with Crippen molar-refractivity contribution in [3.8, 4) is 0 Å². The molecule has 1 aliphatic rings. The summed E-state index contributed by atoms with van der Waals surface area (Å²) in [6, 6.07) is 0.